The van der Waals surface area contributed by atoms with Gasteiger partial charge >= 0.3 is 0 Å². The molecule has 0 aromatic carbocycles. The zero-order valence-electron chi connectivity index (χ0n) is 16.8. The molecular weight excluding hydrogens is 321 g/mol. The van der Waals surface area contributed by atoms with Crippen LogP contribution in [0.15, 0.2) is 24.1 Å². The Morgan fingerprint density at radius 1 is 0.885 bits per heavy atom. The van der Waals surface area contributed by atoms with Gasteiger partial charge in [0.1, 0.15) is 6.07 Å². The lowest BCUT2D eigenvalue weighted by molar-refractivity contribution is 0.283. The molecule has 26 heavy (non-hydrogen) atoms. The molecule has 2 rings (SSSR count). The third-order valence-corrected chi connectivity index (χ3v) is 6.66. The van der Waals surface area contributed by atoms with Crippen LogP contribution in [0.4, 0.5) is 4.39 Å². The number of hydrogen-bond acceptors (Lipinski definition) is 1. The van der Waals surface area contributed by atoms with Crippen molar-refractivity contribution in [2.45, 2.75) is 96.8 Å². The summed E-state index contributed by atoms with van der Waals surface area (Å²) in [5, 5.41) is 8.43. The molecule has 0 aromatic rings. The van der Waals surface area contributed by atoms with E-state index >= 15 is 0 Å². The summed E-state index contributed by atoms with van der Waals surface area (Å²) in [4.78, 5) is 0. The van der Waals surface area contributed by atoms with Crippen molar-refractivity contribution in [3.8, 4) is 6.07 Å². The number of halogens is 1. The summed E-state index contributed by atoms with van der Waals surface area (Å²) in [6.45, 7) is 2.29. The van der Waals surface area contributed by atoms with Crippen LogP contribution in [0, 0.1) is 35.0 Å². The Morgan fingerprint density at radius 3 is 1.92 bits per heavy atom. The van der Waals surface area contributed by atoms with Gasteiger partial charge in [0, 0.05) is 0 Å². The number of nitrogens with zero attached hydrogens (tertiary/aromatic N) is 1. The van der Waals surface area contributed by atoms with Crippen molar-refractivity contribution in [3.05, 3.63) is 24.1 Å². The Balaban J connectivity index is 1.59. The first-order valence-electron chi connectivity index (χ1n) is 11.1. The van der Waals surface area contributed by atoms with Gasteiger partial charge in [0.25, 0.3) is 0 Å². The number of rotatable bonds is 9. The Bertz CT molecular complexity index is 471. The lowest BCUT2D eigenvalue weighted by Crippen LogP contribution is -2.15. The largest absolute Gasteiger partial charge is 0.196 e. The van der Waals surface area contributed by atoms with Crippen molar-refractivity contribution in [3.63, 3.8) is 0 Å². The van der Waals surface area contributed by atoms with Gasteiger partial charge in [0.05, 0.1) is 0 Å². The standard InChI is InChI=1S/C24H38FN/c1-2-3-4-6-20-9-13-22(14-10-20)17-18-23-15-11-21(12-16-23)7-5-8-24(25)19-26/h8,17-18,20-23H,2-7,9-16H2,1H3/b18-17+,24-8?/t20-,21?,22-,23?. The first kappa shape index (κ1) is 21.2. The van der Waals surface area contributed by atoms with E-state index in [9.17, 15) is 4.39 Å². The summed E-state index contributed by atoms with van der Waals surface area (Å²) in [7, 11) is 0. The molecule has 0 unspecified atom stereocenters. The topological polar surface area (TPSA) is 23.8 Å². The maximum atomic E-state index is 12.8. The van der Waals surface area contributed by atoms with E-state index in [1.165, 1.54) is 83.1 Å². The van der Waals surface area contributed by atoms with Crippen LogP contribution in [0.3, 0.4) is 0 Å². The van der Waals surface area contributed by atoms with Crippen molar-refractivity contribution in [2.24, 2.45) is 23.7 Å². The summed E-state index contributed by atoms with van der Waals surface area (Å²) < 4.78 is 12.8. The fraction of sp³-hybridized carbons (Fsp3) is 0.792. The van der Waals surface area contributed by atoms with Crippen molar-refractivity contribution in [1.29, 1.82) is 5.26 Å². The van der Waals surface area contributed by atoms with E-state index in [0.29, 0.717) is 6.42 Å². The molecule has 0 spiro atoms. The van der Waals surface area contributed by atoms with Crippen LogP contribution in [-0.4, -0.2) is 0 Å². The highest BCUT2D eigenvalue weighted by atomic mass is 19.1. The molecular formula is C24H38FN. The monoisotopic (exact) mass is 359 g/mol. The molecule has 2 saturated carbocycles. The first-order chi connectivity index (χ1) is 12.7. The molecule has 0 atom stereocenters. The third kappa shape index (κ3) is 8.07. The van der Waals surface area contributed by atoms with E-state index in [2.05, 4.69) is 19.1 Å². The Kier molecular flexibility index (Phi) is 10.0. The summed E-state index contributed by atoms with van der Waals surface area (Å²) in [6.07, 6.45) is 24.7. The summed E-state index contributed by atoms with van der Waals surface area (Å²) in [6, 6.07) is 1.56. The second-order valence-corrected chi connectivity index (χ2v) is 8.68. The van der Waals surface area contributed by atoms with Crippen LogP contribution in [0.2, 0.25) is 0 Å². The highest BCUT2D eigenvalue weighted by Crippen LogP contribution is 2.35. The van der Waals surface area contributed by atoms with E-state index in [0.717, 1.165) is 30.1 Å². The molecule has 2 aliphatic rings. The van der Waals surface area contributed by atoms with Gasteiger partial charge in [-0.15, -0.1) is 0 Å². The van der Waals surface area contributed by atoms with Gasteiger partial charge < -0.3 is 0 Å². The second-order valence-electron chi connectivity index (χ2n) is 8.68. The fourth-order valence-corrected chi connectivity index (χ4v) is 4.83. The molecule has 2 fully saturated rings. The van der Waals surface area contributed by atoms with E-state index in [1.807, 2.05) is 0 Å². The molecule has 0 heterocycles. The summed E-state index contributed by atoms with van der Waals surface area (Å²) in [5.41, 5.74) is 0. The molecule has 0 aliphatic heterocycles. The zero-order chi connectivity index (χ0) is 18.6. The minimum absolute atomic E-state index is 0.623. The Labute approximate surface area is 160 Å². The van der Waals surface area contributed by atoms with Gasteiger partial charge in [-0.3, -0.25) is 0 Å². The molecule has 0 aromatic heterocycles. The molecule has 0 bridgehead atoms. The maximum Gasteiger partial charge on any atom is 0.196 e. The van der Waals surface area contributed by atoms with Gasteiger partial charge in [-0.05, 0) is 94.0 Å². The van der Waals surface area contributed by atoms with E-state index in [1.54, 1.807) is 6.07 Å². The highest BCUT2D eigenvalue weighted by molar-refractivity contribution is 5.11. The third-order valence-electron chi connectivity index (χ3n) is 6.66. The molecule has 0 radical (unpaired) electrons. The molecule has 0 saturated heterocycles. The molecule has 0 amide bonds. The smallest absolute Gasteiger partial charge is 0.195 e. The number of unbranched alkanes of at least 4 members (excludes halogenated alkanes) is 2. The van der Waals surface area contributed by atoms with E-state index in [-0.39, 0.29) is 0 Å². The minimum atomic E-state index is -0.623. The Hall–Kier alpha value is -1.10. The molecule has 2 aliphatic carbocycles. The van der Waals surface area contributed by atoms with Crippen LogP contribution in [-0.2, 0) is 0 Å². The number of allylic oxidation sites excluding steroid dienone is 4. The lowest BCUT2D eigenvalue weighted by Gasteiger charge is -2.29. The van der Waals surface area contributed by atoms with Crippen molar-refractivity contribution < 1.29 is 4.39 Å². The van der Waals surface area contributed by atoms with Gasteiger partial charge in [0.2, 0.25) is 0 Å². The molecule has 0 N–H and O–H groups in total. The van der Waals surface area contributed by atoms with Gasteiger partial charge in [-0.2, -0.15) is 9.65 Å². The molecule has 146 valence electrons. The zero-order valence-corrected chi connectivity index (χ0v) is 16.8. The molecule has 2 heteroatoms. The van der Waals surface area contributed by atoms with Gasteiger partial charge in [-0.1, -0.05) is 44.8 Å². The fourth-order valence-electron chi connectivity index (χ4n) is 4.83. The number of hydrogen-bond donors (Lipinski definition) is 0. The van der Waals surface area contributed by atoms with Crippen molar-refractivity contribution >= 4 is 0 Å². The average molecular weight is 360 g/mol. The first-order valence-corrected chi connectivity index (χ1v) is 11.1. The van der Waals surface area contributed by atoms with Crippen LogP contribution in [0.5, 0.6) is 0 Å². The van der Waals surface area contributed by atoms with Crippen molar-refractivity contribution in [2.75, 3.05) is 0 Å². The second kappa shape index (κ2) is 12.3. The van der Waals surface area contributed by atoms with Gasteiger partial charge in [-0.25, -0.2) is 0 Å². The van der Waals surface area contributed by atoms with Crippen LogP contribution >= 0.6 is 0 Å². The Morgan fingerprint density at radius 2 is 1.42 bits per heavy atom. The summed E-state index contributed by atoms with van der Waals surface area (Å²) in [5.74, 6) is 2.69. The average Bonchev–Trinajstić information content (AvgIpc) is 2.68. The minimum Gasteiger partial charge on any atom is -0.195 e. The van der Waals surface area contributed by atoms with Crippen LogP contribution in [0.25, 0.3) is 0 Å². The summed E-state index contributed by atoms with van der Waals surface area (Å²) >= 11 is 0. The van der Waals surface area contributed by atoms with E-state index in [4.69, 9.17) is 5.26 Å². The number of nitriles is 1. The van der Waals surface area contributed by atoms with Crippen molar-refractivity contribution in [1.82, 2.24) is 0 Å². The lowest BCUT2D eigenvalue weighted by atomic mass is 9.77. The highest BCUT2D eigenvalue weighted by Gasteiger charge is 2.21. The maximum absolute atomic E-state index is 12.8. The normalized spacial score (nSPS) is 30.4. The predicted molar refractivity (Wildman–Crippen MR) is 108 cm³/mol. The van der Waals surface area contributed by atoms with Crippen LogP contribution < -0.4 is 0 Å². The predicted octanol–water partition coefficient (Wildman–Crippen LogP) is 7.89. The molecule has 1 nitrogen and oxygen atoms in total. The SMILES string of the molecule is CCCCC[C@H]1CC[C@H](/C=C/C2CCC(CCC=C(F)C#N)CC2)CC1. The van der Waals surface area contributed by atoms with Gasteiger partial charge in [0.15, 0.2) is 5.83 Å². The quantitative estimate of drug-likeness (QED) is 0.233. The van der Waals surface area contributed by atoms with E-state index < -0.39 is 5.83 Å². The van der Waals surface area contributed by atoms with Crippen LogP contribution in [0.1, 0.15) is 96.8 Å².